The Bertz CT molecular complexity index is 502. The van der Waals surface area contributed by atoms with Gasteiger partial charge in [0.25, 0.3) is 0 Å². The van der Waals surface area contributed by atoms with Gasteiger partial charge in [-0.05, 0) is 25.3 Å². The molecule has 0 saturated heterocycles. The van der Waals surface area contributed by atoms with E-state index >= 15 is 0 Å². The van der Waals surface area contributed by atoms with Gasteiger partial charge < -0.3 is 9.84 Å². The number of benzene rings is 1. The molecular weight excluding hydrogens is 202 g/mol. The molecule has 16 heavy (non-hydrogen) atoms. The number of hydrogen-bond donors (Lipinski definition) is 1. The molecule has 0 spiro atoms. The van der Waals surface area contributed by atoms with Crippen LogP contribution in [0.15, 0.2) is 28.8 Å². The number of nitrogens with zero attached hydrogens (tertiary/aromatic N) is 2. The Morgan fingerprint density at radius 1 is 1.31 bits per heavy atom. The van der Waals surface area contributed by atoms with Crippen LogP contribution in [-0.4, -0.2) is 16.2 Å². The van der Waals surface area contributed by atoms with Crippen LogP contribution in [0.25, 0.3) is 11.4 Å². The summed E-state index contributed by atoms with van der Waals surface area (Å²) in [4.78, 5) is 4.33. The Kier molecular flexibility index (Phi) is 2.13. The van der Waals surface area contributed by atoms with Gasteiger partial charge in [-0.1, -0.05) is 29.4 Å². The van der Waals surface area contributed by atoms with E-state index in [-0.39, 0.29) is 0 Å². The molecule has 1 aromatic heterocycles. The van der Waals surface area contributed by atoms with Crippen molar-refractivity contribution in [3.8, 4) is 11.4 Å². The summed E-state index contributed by atoms with van der Waals surface area (Å²) in [5, 5.41) is 7.16. The van der Waals surface area contributed by atoms with Crippen LogP contribution in [-0.2, 0) is 0 Å². The van der Waals surface area contributed by atoms with Crippen LogP contribution in [0.3, 0.4) is 0 Å². The number of rotatable bonds is 3. The van der Waals surface area contributed by atoms with Crippen molar-refractivity contribution >= 4 is 6.01 Å². The lowest BCUT2D eigenvalue weighted by molar-refractivity contribution is 0.432. The molecule has 4 nitrogen and oxygen atoms in total. The lowest BCUT2D eigenvalue weighted by Crippen LogP contribution is -2.00. The Hall–Kier alpha value is -1.84. The highest BCUT2D eigenvalue weighted by molar-refractivity contribution is 5.60. The van der Waals surface area contributed by atoms with Crippen LogP contribution in [0.4, 0.5) is 6.01 Å². The summed E-state index contributed by atoms with van der Waals surface area (Å²) in [6.07, 6.45) is 2.39. The fraction of sp³-hybridized carbons (Fsp3) is 0.333. The van der Waals surface area contributed by atoms with Gasteiger partial charge in [-0.2, -0.15) is 4.98 Å². The van der Waals surface area contributed by atoms with Crippen molar-refractivity contribution in [3.63, 3.8) is 0 Å². The molecule has 2 aromatic rings. The minimum Gasteiger partial charge on any atom is -0.335 e. The molecule has 1 aliphatic carbocycles. The van der Waals surface area contributed by atoms with Gasteiger partial charge in [0, 0.05) is 11.6 Å². The van der Waals surface area contributed by atoms with Gasteiger partial charge in [-0.15, -0.1) is 0 Å². The predicted octanol–water partition coefficient (Wildman–Crippen LogP) is 2.62. The fourth-order valence-corrected chi connectivity index (χ4v) is 1.62. The molecule has 1 aromatic carbocycles. The molecule has 1 heterocycles. The van der Waals surface area contributed by atoms with Crippen molar-refractivity contribution in [2.24, 2.45) is 0 Å². The van der Waals surface area contributed by atoms with Crippen molar-refractivity contribution in [3.05, 3.63) is 29.8 Å². The van der Waals surface area contributed by atoms with Gasteiger partial charge in [-0.25, -0.2) is 0 Å². The fourth-order valence-electron chi connectivity index (χ4n) is 1.62. The first-order valence-corrected chi connectivity index (χ1v) is 5.49. The highest BCUT2D eigenvalue weighted by Gasteiger charge is 2.23. The molecule has 0 unspecified atom stereocenters. The Morgan fingerprint density at radius 2 is 2.12 bits per heavy atom. The minimum atomic E-state index is 0.528. The predicted molar refractivity (Wildman–Crippen MR) is 61.1 cm³/mol. The van der Waals surface area contributed by atoms with E-state index in [4.69, 9.17) is 4.52 Å². The van der Waals surface area contributed by atoms with Crippen LogP contribution in [0, 0.1) is 6.92 Å². The molecule has 0 atom stereocenters. The van der Waals surface area contributed by atoms with E-state index in [1.54, 1.807) is 0 Å². The molecule has 0 bridgehead atoms. The van der Waals surface area contributed by atoms with Crippen LogP contribution < -0.4 is 5.32 Å². The largest absolute Gasteiger partial charge is 0.335 e. The molecule has 1 saturated carbocycles. The zero-order valence-electron chi connectivity index (χ0n) is 9.10. The maximum Gasteiger partial charge on any atom is 0.322 e. The molecule has 0 aliphatic heterocycles. The average Bonchev–Trinajstić information content (AvgIpc) is 2.97. The van der Waals surface area contributed by atoms with Crippen LogP contribution in [0.5, 0.6) is 0 Å². The van der Waals surface area contributed by atoms with Gasteiger partial charge >= 0.3 is 6.01 Å². The Morgan fingerprint density at radius 3 is 2.88 bits per heavy atom. The lowest BCUT2D eigenvalue weighted by Gasteiger charge is -1.98. The smallest absolute Gasteiger partial charge is 0.322 e. The van der Waals surface area contributed by atoms with Gasteiger partial charge in [0.2, 0.25) is 5.82 Å². The van der Waals surface area contributed by atoms with Crippen LogP contribution in [0.2, 0.25) is 0 Å². The van der Waals surface area contributed by atoms with Crippen molar-refractivity contribution in [2.45, 2.75) is 25.8 Å². The summed E-state index contributed by atoms with van der Waals surface area (Å²) >= 11 is 0. The third-order valence-corrected chi connectivity index (χ3v) is 2.72. The summed E-state index contributed by atoms with van der Waals surface area (Å²) in [5.74, 6) is 0.654. The van der Waals surface area contributed by atoms with Crippen LogP contribution >= 0.6 is 0 Å². The zero-order valence-corrected chi connectivity index (χ0v) is 9.10. The van der Waals surface area contributed by atoms with Gasteiger partial charge in [0.05, 0.1) is 0 Å². The summed E-state index contributed by atoms with van der Waals surface area (Å²) in [7, 11) is 0. The quantitative estimate of drug-likeness (QED) is 0.855. The second-order valence-electron chi connectivity index (χ2n) is 4.16. The standard InChI is InChI=1S/C12H13N3O/c1-8-4-2-3-5-10(8)11-14-12(16-15-11)13-9-6-7-9/h2-5,9H,6-7H2,1H3,(H,13,14,15). The first-order chi connectivity index (χ1) is 7.83. The first kappa shape index (κ1) is 9.39. The topological polar surface area (TPSA) is 51.0 Å². The molecule has 1 N–H and O–H groups in total. The number of anilines is 1. The maximum absolute atomic E-state index is 5.15. The zero-order chi connectivity index (χ0) is 11.0. The molecule has 1 fully saturated rings. The SMILES string of the molecule is Cc1ccccc1-c1noc(NC2CC2)n1. The highest BCUT2D eigenvalue weighted by Crippen LogP contribution is 2.26. The van der Waals surface area contributed by atoms with Gasteiger partial charge in [0.15, 0.2) is 0 Å². The molecule has 3 rings (SSSR count). The summed E-state index contributed by atoms with van der Waals surface area (Å²) < 4.78 is 5.15. The second-order valence-corrected chi connectivity index (χ2v) is 4.16. The third kappa shape index (κ3) is 1.78. The van der Waals surface area contributed by atoms with Crippen molar-refractivity contribution in [2.75, 3.05) is 5.32 Å². The molecule has 1 aliphatic rings. The molecule has 0 radical (unpaired) electrons. The molecule has 4 heteroatoms. The van der Waals surface area contributed by atoms with E-state index in [2.05, 4.69) is 15.5 Å². The first-order valence-electron chi connectivity index (χ1n) is 5.49. The van der Waals surface area contributed by atoms with E-state index in [0.717, 1.165) is 11.1 Å². The van der Waals surface area contributed by atoms with E-state index in [1.165, 1.54) is 12.8 Å². The van der Waals surface area contributed by atoms with Crippen molar-refractivity contribution in [1.82, 2.24) is 10.1 Å². The lowest BCUT2D eigenvalue weighted by atomic mass is 10.1. The van der Waals surface area contributed by atoms with Crippen molar-refractivity contribution in [1.29, 1.82) is 0 Å². The third-order valence-electron chi connectivity index (χ3n) is 2.72. The number of aryl methyl sites for hydroxylation is 1. The maximum atomic E-state index is 5.15. The number of nitrogens with one attached hydrogen (secondary N) is 1. The Balaban J connectivity index is 1.88. The normalized spacial score (nSPS) is 15.1. The van der Waals surface area contributed by atoms with E-state index in [1.807, 2.05) is 31.2 Å². The summed E-state index contributed by atoms with van der Waals surface area (Å²) in [5.41, 5.74) is 2.18. The van der Waals surface area contributed by atoms with Gasteiger partial charge in [0.1, 0.15) is 0 Å². The minimum absolute atomic E-state index is 0.528. The number of hydrogen-bond acceptors (Lipinski definition) is 4. The molecule has 82 valence electrons. The van der Waals surface area contributed by atoms with E-state index in [9.17, 15) is 0 Å². The van der Waals surface area contributed by atoms with Crippen molar-refractivity contribution < 1.29 is 4.52 Å². The van der Waals surface area contributed by atoms with E-state index in [0.29, 0.717) is 17.9 Å². The van der Waals surface area contributed by atoms with E-state index < -0.39 is 0 Å². The van der Waals surface area contributed by atoms with Crippen LogP contribution in [0.1, 0.15) is 18.4 Å². The van der Waals surface area contributed by atoms with Gasteiger partial charge in [-0.3, -0.25) is 0 Å². The average molecular weight is 215 g/mol. The monoisotopic (exact) mass is 215 g/mol. The molecular formula is C12H13N3O. The highest BCUT2D eigenvalue weighted by atomic mass is 16.5. The summed E-state index contributed by atoms with van der Waals surface area (Å²) in [6.45, 7) is 2.04. The Labute approximate surface area is 93.7 Å². The molecule has 0 amide bonds. The second kappa shape index (κ2) is 3.63. The summed E-state index contributed by atoms with van der Waals surface area (Å²) in [6, 6.07) is 9.08. The number of aromatic nitrogens is 2.